The monoisotopic (exact) mass is 244 g/mol. The Labute approximate surface area is 101 Å². The van der Waals surface area contributed by atoms with Gasteiger partial charge in [-0.1, -0.05) is 0 Å². The zero-order valence-electron chi connectivity index (χ0n) is 10.4. The maximum absolute atomic E-state index is 11.5. The van der Waals surface area contributed by atoms with Crippen molar-refractivity contribution in [3.8, 4) is 0 Å². The molecule has 0 radical (unpaired) electrons. The van der Waals surface area contributed by atoms with Crippen LogP contribution >= 0.6 is 0 Å². The molecule has 1 saturated heterocycles. The van der Waals surface area contributed by atoms with Crippen LogP contribution in [0.3, 0.4) is 0 Å². The third-order valence-corrected chi connectivity index (χ3v) is 2.74. The van der Waals surface area contributed by atoms with E-state index in [0.717, 1.165) is 0 Å². The van der Waals surface area contributed by atoms with Crippen LogP contribution in [0.2, 0.25) is 0 Å². The molecular weight excluding hydrogens is 224 g/mol. The van der Waals surface area contributed by atoms with Crippen LogP contribution < -0.4 is 10.9 Å². The summed E-state index contributed by atoms with van der Waals surface area (Å²) in [6, 6.07) is 0. The first kappa shape index (κ1) is 13.9. The molecule has 0 atom stereocenters. The van der Waals surface area contributed by atoms with Gasteiger partial charge in [-0.2, -0.15) is 0 Å². The Morgan fingerprint density at radius 2 is 2.00 bits per heavy atom. The minimum atomic E-state index is -0.448. The third-order valence-electron chi connectivity index (χ3n) is 2.74. The van der Waals surface area contributed by atoms with Crippen molar-refractivity contribution in [1.29, 1.82) is 0 Å². The molecule has 1 aliphatic rings. The zero-order chi connectivity index (χ0) is 12.7. The Morgan fingerprint density at radius 3 is 2.53 bits per heavy atom. The lowest BCUT2D eigenvalue weighted by molar-refractivity contribution is -0.146. The van der Waals surface area contributed by atoms with Gasteiger partial charge >= 0.3 is 5.97 Å². The Kier molecular flexibility index (Phi) is 5.37. The van der Waals surface area contributed by atoms with E-state index in [2.05, 4.69) is 10.9 Å². The van der Waals surface area contributed by atoms with Gasteiger partial charge in [-0.25, -0.2) is 5.43 Å². The summed E-state index contributed by atoms with van der Waals surface area (Å²) in [7, 11) is 0. The molecule has 0 saturated carbocycles. The van der Waals surface area contributed by atoms with Crippen LogP contribution in [0.1, 0.15) is 33.1 Å². The zero-order valence-corrected chi connectivity index (χ0v) is 10.4. The molecule has 17 heavy (non-hydrogen) atoms. The number of nitrogens with one attached hydrogen (secondary N) is 2. The van der Waals surface area contributed by atoms with Gasteiger partial charge in [-0.15, -0.1) is 0 Å². The number of hydrogen-bond acceptors (Lipinski definition) is 5. The second-order valence-electron chi connectivity index (χ2n) is 4.18. The maximum Gasteiger partial charge on any atom is 0.307 e. The Hall–Kier alpha value is -1.14. The normalized spacial score (nSPS) is 18.5. The van der Waals surface area contributed by atoms with Crippen molar-refractivity contribution in [3.63, 3.8) is 0 Å². The second kappa shape index (κ2) is 6.56. The number of esters is 1. The smallest absolute Gasteiger partial charge is 0.307 e. The van der Waals surface area contributed by atoms with E-state index in [9.17, 15) is 9.59 Å². The summed E-state index contributed by atoms with van der Waals surface area (Å²) in [6.07, 6.45) is 1.59. The summed E-state index contributed by atoms with van der Waals surface area (Å²) in [5.41, 5.74) is 5.05. The number of hydrogen-bond donors (Lipinski definition) is 2. The molecule has 0 aromatic rings. The summed E-state index contributed by atoms with van der Waals surface area (Å²) < 4.78 is 10.2. The van der Waals surface area contributed by atoms with E-state index in [1.807, 2.05) is 0 Å². The molecule has 1 heterocycles. The molecule has 1 rings (SSSR count). The van der Waals surface area contributed by atoms with Gasteiger partial charge in [-0.05, 0) is 19.8 Å². The van der Waals surface area contributed by atoms with Crippen molar-refractivity contribution in [2.75, 3.05) is 19.8 Å². The van der Waals surface area contributed by atoms with Gasteiger partial charge in [0.15, 0.2) is 0 Å². The Morgan fingerprint density at radius 1 is 1.35 bits per heavy atom. The second-order valence-corrected chi connectivity index (χ2v) is 4.18. The molecule has 0 aromatic carbocycles. The van der Waals surface area contributed by atoms with Crippen molar-refractivity contribution in [2.45, 2.75) is 38.6 Å². The van der Waals surface area contributed by atoms with Crippen molar-refractivity contribution >= 4 is 11.9 Å². The van der Waals surface area contributed by atoms with Crippen LogP contribution in [0.4, 0.5) is 0 Å². The predicted octanol–water partition coefficient (Wildman–Crippen LogP) is 0.130. The van der Waals surface area contributed by atoms with Crippen LogP contribution in [0, 0.1) is 0 Å². The first-order chi connectivity index (χ1) is 8.08. The molecule has 0 spiro atoms. The summed E-state index contributed by atoms with van der Waals surface area (Å²) in [5, 5.41) is 0. The van der Waals surface area contributed by atoms with Gasteiger partial charge in [0.25, 0.3) is 0 Å². The van der Waals surface area contributed by atoms with Crippen molar-refractivity contribution < 1.29 is 19.1 Å². The van der Waals surface area contributed by atoms with E-state index >= 15 is 0 Å². The molecular formula is C11H20N2O4. The Bertz CT molecular complexity index is 275. The average molecular weight is 244 g/mol. The van der Waals surface area contributed by atoms with Crippen molar-refractivity contribution in [2.24, 2.45) is 0 Å². The third kappa shape index (κ3) is 4.70. The van der Waals surface area contributed by atoms with Gasteiger partial charge in [0, 0.05) is 20.1 Å². The fraction of sp³-hybridized carbons (Fsp3) is 0.818. The van der Waals surface area contributed by atoms with Gasteiger partial charge in [0.1, 0.15) is 0 Å². The highest BCUT2D eigenvalue weighted by Crippen LogP contribution is 2.24. The number of hydrazine groups is 1. The van der Waals surface area contributed by atoms with Gasteiger partial charge < -0.3 is 9.47 Å². The number of rotatable bonds is 5. The molecule has 0 aromatic heterocycles. The minimum Gasteiger partial charge on any atom is -0.466 e. The first-order valence-electron chi connectivity index (χ1n) is 5.85. The van der Waals surface area contributed by atoms with E-state index in [1.165, 1.54) is 6.92 Å². The highest BCUT2D eigenvalue weighted by Gasteiger charge is 2.35. The van der Waals surface area contributed by atoms with Crippen LogP contribution in [0.15, 0.2) is 0 Å². The minimum absolute atomic E-state index is 0.181. The number of carbonyl (C=O) groups excluding carboxylic acids is 2. The molecule has 1 amide bonds. The van der Waals surface area contributed by atoms with E-state index < -0.39 is 5.54 Å². The van der Waals surface area contributed by atoms with Gasteiger partial charge in [-0.3, -0.25) is 15.0 Å². The summed E-state index contributed by atoms with van der Waals surface area (Å²) in [5.74, 6) is -0.438. The van der Waals surface area contributed by atoms with E-state index in [-0.39, 0.29) is 18.3 Å². The quantitative estimate of drug-likeness (QED) is 0.531. The summed E-state index contributed by atoms with van der Waals surface area (Å²) in [4.78, 5) is 22.5. The molecule has 1 fully saturated rings. The first-order valence-corrected chi connectivity index (χ1v) is 5.85. The number of carbonyl (C=O) groups is 2. The largest absolute Gasteiger partial charge is 0.466 e. The SMILES string of the molecule is CCOC(=O)CC1(NNC(C)=O)CCOCC1. The molecule has 0 unspecified atom stereocenters. The van der Waals surface area contributed by atoms with Crippen LogP contribution in [-0.2, 0) is 19.1 Å². The lowest BCUT2D eigenvalue weighted by Gasteiger charge is -2.37. The highest BCUT2D eigenvalue weighted by atomic mass is 16.5. The topological polar surface area (TPSA) is 76.7 Å². The Balaban J connectivity index is 2.57. The fourth-order valence-electron chi connectivity index (χ4n) is 1.82. The van der Waals surface area contributed by atoms with E-state index in [1.54, 1.807) is 6.92 Å². The molecule has 6 heteroatoms. The predicted molar refractivity (Wildman–Crippen MR) is 61.0 cm³/mol. The lowest BCUT2D eigenvalue weighted by atomic mass is 9.87. The van der Waals surface area contributed by atoms with Crippen molar-refractivity contribution in [3.05, 3.63) is 0 Å². The van der Waals surface area contributed by atoms with E-state index in [4.69, 9.17) is 9.47 Å². The molecule has 2 N–H and O–H groups in total. The van der Waals surface area contributed by atoms with Gasteiger partial charge in [0.05, 0.1) is 18.6 Å². The molecule has 0 bridgehead atoms. The lowest BCUT2D eigenvalue weighted by Crippen LogP contribution is -2.57. The highest BCUT2D eigenvalue weighted by molar-refractivity contribution is 5.73. The molecule has 0 aliphatic carbocycles. The average Bonchev–Trinajstić information content (AvgIpc) is 2.28. The van der Waals surface area contributed by atoms with Crippen LogP contribution in [-0.4, -0.2) is 37.2 Å². The molecule has 6 nitrogen and oxygen atoms in total. The van der Waals surface area contributed by atoms with Gasteiger partial charge in [0.2, 0.25) is 5.91 Å². The van der Waals surface area contributed by atoms with E-state index in [0.29, 0.717) is 32.7 Å². The number of amides is 1. The summed E-state index contributed by atoms with van der Waals surface area (Å²) in [6.45, 7) is 4.71. The van der Waals surface area contributed by atoms with Crippen LogP contribution in [0.5, 0.6) is 0 Å². The fourth-order valence-corrected chi connectivity index (χ4v) is 1.82. The number of ether oxygens (including phenoxy) is 2. The van der Waals surface area contributed by atoms with Crippen molar-refractivity contribution in [1.82, 2.24) is 10.9 Å². The standard InChI is InChI=1S/C11H20N2O4/c1-3-17-10(15)8-11(13-12-9(2)14)4-6-16-7-5-11/h13H,3-8H2,1-2H3,(H,12,14). The maximum atomic E-state index is 11.5. The molecule has 98 valence electrons. The van der Waals surface area contributed by atoms with Crippen LogP contribution in [0.25, 0.3) is 0 Å². The molecule has 1 aliphatic heterocycles. The summed E-state index contributed by atoms with van der Waals surface area (Å²) >= 11 is 0.